The summed E-state index contributed by atoms with van der Waals surface area (Å²) in [5.74, 6) is -0.317. The average Bonchev–Trinajstić information content (AvgIpc) is 2.86. The van der Waals surface area contributed by atoms with Crippen molar-refractivity contribution in [2.45, 2.75) is 77.8 Å². The van der Waals surface area contributed by atoms with Gasteiger partial charge < -0.3 is 19.7 Å². The first-order valence-corrected chi connectivity index (χ1v) is 9.89. The van der Waals surface area contributed by atoms with Gasteiger partial charge in [-0.1, -0.05) is 30.3 Å². The molecule has 160 valence electrons. The zero-order chi connectivity index (χ0) is 21.8. The summed E-state index contributed by atoms with van der Waals surface area (Å²) in [4.78, 5) is 39.2. The lowest BCUT2D eigenvalue weighted by atomic mass is 10.0. The van der Waals surface area contributed by atoms with Crippen molar-refractivity contribution in [3.05, 3.63) is 35.9 Å². The van der Waals surface area contributed by atoms with Crippen molar-refractivity contribution in [2.75, 3.05) is 6.61 Å². The molecular weight excluding hydrogens is 372 g/mol. The van der Waals surface area contributed by atoms with E-state index in [-0.39, 0.29) is 30.8 Å². The number of rotatable bonds is 6. The lowest BCUT2D eigenvalue weighted by Gasteiger charge is -2.36. The highest BCUT2D eigenvalue weighted by atomic mass is 16.6. The summed E-state index contributed by atoms with van der Waals surface area (Å²) in [5, 5.41) is 2.72. The summed E-state index contributed by atoms with van der Waals surface area (Å²) in [5.41, 5.74) is -0.651. The molecule has 1 N–H and O–H groups in total. The number of hydrogen-bond acceptors (Lipinski definition) is 5. The number of carbonyl (C=O) groups is 3. The molecule has 0 unspecified atom stereocenters. The normalized spacial score (nSPS) is 19.5. The summed E-state index contributed by atoms with van der Waals surface area (Å²) < 4.78 is 11.1. The molecule has 2 rings (SSSR count). The largest absolute Gasteiger partial charge is 0.444 e. The first-order chi connectivity index (χ1) is 13.4. The van der Waals surface area contributed by atoms with Crippen molar-refractivity contribution in [3.8, 4) is 0 Å². The first kappa shape index (κ1) is 22.9. The highest BCUT2D eigenvalue weighted by Gasteiger charge is 2.46. The number of nitrogens with zero attached hydrogens (tertiary/aromatic N) is 1. The van der Waals surface area contributed by atoms with E-state index in [9.17, 15) is 14.4 Å². The first-order valence-electron chi connectivity index (χ1n) is 9.89. The second-order valence-corrected chi connectivity index (χ2v) is 8.91. The Balaban J connectivity index is 2.28. The Bertz CT molecular complexity index is 739. The van der Waals surface area contributed by atoms with E-state index in [1.165, 1.54) is 6.92 Å². The number of hydrogen-bond donors (Lipinski definition) is 1. The van der Waals surface area contributed by atoms with E-state index in [0.29, 0.717) is 6.42 Å². The Hall–Kier alpha value is -2.41. The van der Waals surface area contributed by atoms with Crippen LogP contribution < -0.4 is 5.32 Å². The van der Waals surface area contributed by atoms with Crippen LogP contribution in [0, 0.1) is 0 Å². The second kappa shape index (κ2) is 8.95. The van der Waals surface area contributed by atoms with Crippen LogP contribution in [-0.2, 0) is 25.5 Å². The standard InChI is InChI=1S/C22H32N2O5/c1-15(25)12-17-14-28-22(5,6)24(17)19(26)18(13-16-10-8-7-9-11-16)23-20(27)29-21(2,3)4/h7-11,17-18H,12-14H2,1-6H3,(H,23,27)/t17-,18+/m0/s1. The van der Waals surface area contributed by atoms with Crippen LogP contribution in [0.4, 0.5) is 4.79 Å². The predicted molar refractivity (Wildman–Crippen MR) is 109 cm³/mol. The zero-order valence-electron chi connectivity index (χ0n) is 18.2. The molecule has 0 radical (unpaired) electrons. The Morgan fingerprint density at radius 1 is 1.24 bits per heavy atom. The van der Waals surface area contributed by atoms with Crippen LogP contribution in [-0.4, -0.2) is 52.7 Å². The Kier molecular flexibility index (Phi) is 7.06. The molecule has 2 amide bonds. The quantitative estimate of drug-likeness (QED) is 0.788. The monoisotopic (exact) mass is 404 g/mol. The summed E-state index contributed by atoms with van der Waals surface area (Å²) in [6.45, 7) is 10.6. The van der Waals surface area contributed by atoms with Gasteiger partial charge in [0.25, 0.3) is 0 Å². The second-order valence-electron chi connectivity index (χ2n) is 8.91. The van der Waals surface area contributed by atoms with Crippen molar-refractivity contribution in [2.24, 2.45) is 0 Å². The van der Waals surface area contributed by atoms with Crippen LogP contribution in [0.3, 0.4) is 0 Å². The smallest absolute Gasteiger partial charge is 0.408 e. The molecule has 0 spiro atoms. The fourth-order valence-electron chi connectivity index (χ4n) is 3.48. The van der Waals surface area contributed by atoms with Crippen molar-refractivity contribution in [3.63, 3.8) is 0 Å². The molecule has 1 fully saturated rings. The highest BCUT2D eigenvalue weighted by molar-refractivity contribution is 5.87. The van der Waals surface area contributed by atoms with E-state index in [1.54, 1.807) is 39.5 Å². The van der Waals surface area contributed by atoms with Gasteiger partial charge >= 0.3 is 6.09 Å². The number of ether oxygens (including phenoxy) is 2. The third-order valence-electron chi connectivity index (χ3n) is 4.61. The molecule has 7 heteroatoms. The molecule has 0 saturated carbocycles. The van der Waals surface area contributed by atoms with Gasteiger partial charge in [0.15, 0.2) is 0 Å². The Labute approximate surface area is 172 Å². The van der Waals surface area contributed by atoms with Crippen LogP contribution in [0.15, 0.2) is 30.3 Å². The van der Waals surface area contributed by atoms with Crippen molar-refractivity contribution >= 4 is 17.8 Å². The minimum atomic E-state index is -0.873. The van der Waals surface area contributed by atoms with Crippen LogP contribution >= 0.6 is 0 Å². The minimum Gasteiger partial charge on any atom is -0.444 e. The topological polar surface area (TPSA) is 84.9 Å². The van der Waals surface area contributed by atoms with E-state index < -0.39 is 23.5 Å². The Morgan fingerprint density at radius 3 is 2.41 bits per heavy atom. The molecule has 0 aliphatic carbocycles. The maximum atomic E-state index is 13.5. The molecule has 1 aliphatic rings. The molecule has 1 aromatic carbocycles. The van der Waals surface area contributed by atoms with Gasteiger partial charge in [-0.3, -0.25) is 9.59 Å². The van der Waals surface area contributed by atoms with E-state index >= 15 is 0 Å². The molecule has 1 saturated heterocycles. The lowest BCUT2D eigenvalue weighted by Crippen LogP contribution is -2.57. The molecule has 29 heavy (non-hydrogen) atoms. The van der Waals surface area contributed by atoms with Gasteiger partial charge in [-0.2, -0.15) is 0 Å². The third-order valence-corrected chi connectivity index (χ3v) is 4.61. The summed E-state index contributed by atoms with van der Waals surface area (Å²) in [7, 11) is 0. The molecule has 2 atom stereocenters. The van der Waals surface area contributed by atoms with Gasteiger partial charge in [-0.25, -0.2) is 4.79 Å². The fourth-order valence-corrected chi connectivity index (χ4v) is 3.48. The minimum absolute atomic E-state index is 0.0196. The fraction of sp³-hybridized carbons (Fsp3) is 0.591. The SMILES string of the molecule is CC(=O)C[C@H]1COC(C)(C)N1C(=O)[C@@H](Cc1ccccc1)NC(=O)OC(C)(C)C. The van der Waals surface area contributed by atoms with E-state index in [2.05, 4.69) is 5.32 Å². The zero-order valence-corrected chi connectivity index (χ0v) is 18.2. The van der Waals surface area contributed by atoms with Gasteiger partial charge in [0.05, 0.1) is 12.6 Å². The average molecular weight is 405 g/mol. The maximum Gasteiger partial charge on any atom is 0.408 e. The van der Waals surface area contributed by atoms with Crippen LogP contribution in [0.5, 0.6) is 0 Å². The molecule has 1 heterocycles. The molecule has 7 nitrogen and oxygen atoms in total. The van der Waals surface area contributed by atoms with Crippen LogP contribution in [0.25, 0.3) is 0 Å². The molecular formula is C22H32N2O5. The van der Waals surface area contributed by atoms with Crippen molar-refractivity contribution in [1.29, 1.82) is 0 Å². The van der Waals surface area contributed by atoms with Crippen molar-refractivity contribution in [1.82, 2.24) is 10.2 Å². The van der Waals surface area contributed by atoms with Gasteiger partial charge in [0.1, 0.15) is 23.2 Å². The Morgan fingerprint density at radius 2 is 1.86 bits per heavy atom. The van der Waals surface area contributed by atoms with E-state index in [1.807, 2.05) is 30.3 Å². The molecule has 0 bridgehead atoms. The summed E-state index contributed by atoms with van der Waals surface area (Å²) >= 11 is 0. The predicted octanol–water partition coefficient (Wildman–Crippen LogP) is 3.07. The van der Waals surface area contributed by atoms with Gasteiger partial charge in [0, 0.05) is 12.8 Å². The van der Waals surface area contributed by atoms with E-state index in [0.717, 1.165) is 5.56 Å². The molecule has 1 aromatic rings. The van der Waals surface area contributed by atoms with Gasteiger partial charge in [0.2, 0.25) is 5.91 Å². The third kappa shape index (κ3) is 6.56. The summed E-state index contributed by atoms with van der Waals surface area (Å²) in [6, 6.07) is 8.24. The summed E-state index contributed by atoms with van der Waals surface area (Å²) in [6.07, 6.45) is -0.148. The number of amides is 2. The number of benzene rings is 1. The van der Waals surface area contributed by atoms with Crippen LogP contribution in [0.2, 0.25) is 0 Å². The highest BCUT2D eigenvalue weighted by Crippen LogP contribution is 2.30. The number of alkyl carbamates (subject to hydrolysis) is 1. The van der Waals surface area contributed by atoms with Crippen LogP contribution in [0.1, 0.15) is 53.5 Å². The number of nitrogens with one attached hydrogen (secondary N) is 1. The van der Waals surface area contributed by atoms with E-state index in [4.69, 9.17) is 9.47 Å². The number of Topliss-reactive ketones (excluding diaryl/α,β-unsaturated/α-hetero) is 1. The van der Waals surface area contributed by atoms with Crippen molar-refractivity contribution < 1.29 is 23.9 Å². The molecule has 0 aromatic heterocycles. The van der Waals surface area contributed by atoms with Gasteiger partial charge in [-0.15, -0.1) is 0 Å². The molecule has 1 aliphatic heterocycles. The van der Waals surface area contributed by atoms with Gasteiger partial charge in [-0.05, 0) is 47.1 Å². The number of ketones is 1. The number of carbonyl (C=O) groups excluding carboxylic acids is 3. The maximum absolute atomic E-state index is 13.5. The lowest BCUT2D eigenvalue weighted by molar-refractivity contribution is -0.148.